The Kier molecular flexibility index (Phi) is 5.79. The lowest BCUT2D eigenvalue weighted by atomic mass is 9.84. The van der Waals surface area contributed by atoms with Crippen molar-refractivity contribution in [2.45, 2.75) is 49.5 Å². The minimum absolute atomic E-state index is 0.0888. The highest BCUT2D eigenvalue weighted by Gasteiger charge is 2.31. The van der Waals surface area contributed by atoms with Crippen LogP contribution in [0.1, 0.15) is 54.7 Å². The van der Waals surface area contributed by atoms with Crippen molar-refractivity contribution < 1.29 is 13.5 Å². The Morgan fingerprint density at radius 2 is 1.78 bits per heavy atom. The Labute approximate surface area is 214 Å². The molecule has 1 fully saturated rings. The fourth-order valence-electron chi connectivity index (χ4n) is 5.36. The van der Waals surface area contributed by atoms with E-state index in [0.717, 1.165) is 36.8 Å². The topological polar surface area (TPSA) is 114 Å². The molecule has 1 aliphatic carbocycles. The molecule has 1 saturated carbocycles. The number of hydrogen-bond acceptors (Lipinski definition) is 6. The van der Waals surface area contributed by atoms with Crippen LogP contribution < -0.4 is 10.9 Å². The van der Waals surface area contributed by atoms with Gasteiger partial charge in [0, 0.05) is 6.20 Å². The molecule has 188 valence electrons. The number of pyridine rings is 2. The van der Waals surface area contributed by atoms with Crippen molar-refractivity contribution in [3.05, 3.63) is 93.9 Å². The lowest BCUT2D eigenvalue weighted by molar-refractivity contribution is 0.443. The fourth-order valence-corrected chi connectivity index (χ4v) is 6.52. The lowest BCUT2D eigenvalue weighted by Gasteiger charge is -2.25. The Balaban J connectivity index is 1.48. The first kappa shape index (κ1) is 23.4. The maximum Gasteiger partial charge on any atom is 0.286 e. The van der Waals surface area contributed by atoms with E-state index >= 15 is 0 Å². The minimum Gasteiger partial charge on any atom is -0.506 e. The number of rotatable bonds is 4. The molecule has 0 unspecified atom stereocenters. The van der Waals surface area contributed by atoms with Gasteiger partial charge < -0.3 is 10.4 Å². The number of benzene rings is 2. The van der Waals surface area contributed by atoms with E-state index in [1.54, 1.807) is 30.5 Å². The minimum atomic E-state index is -4.11. The number of sulfonamides is 1. The first-order valence-corrected chi connectivity index (χ1v) is 13.9. The van der Waals surface area contributed by atoms with Crippen LogP contribution in [0.5, 0.6) is 5.75 Å². The van der Waals surface area contributed by atoms with Crippen LogP contribution in [0.25, 0.3) is 11.0 Å². The molecule has 9 heteroatoms. The predicted molar refractivity (Wildman–Crippen MR) is 143 cm³/mol. The van der Waals surface area contributed by atoms with Crippen LogP contribution >= 0.6 is 0 Å². The molecule has 37 heavy (non-hydrogen) atoms. The Bertz CT molecular complexity index is 1710. The van der Waals surface area contributed by atoms with Crippen molar-refractivity contribution in [1.82, 2.24) is 9.55 Å². The number of nitrogens with one attached hydrogen (secondary N) is 1. The summed E-state index contributed by atoms with van der Waals surface area (Å²) in [7, 11) is -4.11. The smallest absolute Gasteiger partial charge is 0.286 e. The van der Waals surface area contributed by atoms with Gasteiger partial charge >= 0.3 is 0 Å². The fraction of sp³-hybridized carbons (Fsp3) is 0.250. The molecule has 3 heterocycles. The molecule has 1 aliphatic heterocycles. The van der Waals surface area contributed by atoms with E-state index in [4.69, 9.17) is 0 Å². The van der Waals surface area contributed by atoms with E-state index in [-0.39, 0.29) is 28.6 Å². The number of hydrogen-bond donors (Lipinski definition) is 2. The third kappa shape index (κ3) is 4.19. The summed E-state index contributed by atoms with van der Waals surface area (Å²) >= 11 is 0. The Morgan fingerprint density at radius 3 is 2.57 bits per heavy atom. The normalized spacial score (nSPS) is 17.1. The molecule has 8 nitrogen and oxygen atoms in total. The first-order valence-electron chi connectivity index (χ1n) is 12.4. The van der Waals surface area contributed by atoms with Gasteiger partial charge in [0.2, 0.25) is 0 Å². The molecule has 2 aromatic carbocycles. The van der Waals surface area contributed by atoms with Crippen LogP contribution in [0.4, 0.5) is 5.69 Å². The third-order valence-electron chi connectivity index (χ3n) is 7.24. The molecule has 4 aromatic rings. The van der Waals surface area contributed by atoms with Crippen molar-refractivity contribution in [3.8, 4) is 5.75 Å². The molecule has 2 aliphatic rings. The van der Waals surface area contributed by atoms with E-state index < -0.39 is 15.6 Å². The van der Waals surface area contributed by atoms with E-state index in [9.17, 15) is 18.3 Å². The van der Waals surface area contributed by atoms with Crippen LogP contribution in [-0.2, 0) is 16.6 Å². The van der Waals surface area contributed by atoms with Gasteiger partial charge in [-0.15, -0.1) is 4.40 Å². The number of amidine groups is 1. The number of nitrogens with zero attached hydrogens (tertiary/aromatic N) is 3. The quantitative estimate of drug-likeness (QED) is 0.406. The van der Waals surface area contributed by atoms with E-state index in [0.29, 0.717) is 22.6 Å². The van der Waals surface area contributed by atoms with Gasteiger partial charge in [-0.3, -0.25) is 9.36 Å². The van der Waals surface area contributed by atoms with E-state index in [2.05, 4.69) is 14.7 Å². The van der Waals surface area contributed by atoms with Gasteiger partial charge in [0.05, 0.1) is 17.6 Å². The summed E-state index contributed by atoms with van der Waals surface area (Å²) in [6.45, 7) is 0.196. The molecule has 6 rings (SSSR count). The maximum atomic E-state index is 13.7. The van der Waals surface area contributed by atoms with Crippen LogP contribution in [0.15, 0.2) is 80.9 Å². The SMILES string of the molecule is O=c1c(C2=NS(=O)(=O)c3cc(C4CCCCC4)ccc3N2)c(O)c2cccnc2n1Cc1ccccc1. The molecule has 0 bridgehead atoms. The van der Waals surface area contributed by atoms with Gasteiger partial charge in [-0.2, -0.15) is 8.42 Å². The third-order valence-corrected chi connectivity index (χ3v) is 8.55. The highest BCUT2D eigenvalue weighted by atomic mass is 32.2. The van der Waals surface area contributed by atoms with Crippen molar-refractivity contribution in [1.29, 1.82) is 0 Å². The molecule has 0 atom stereocenters. The van der Waals surface area contributed by atoms with Crippen molar-refractivity contribution in [2.75, 3.05) is 5.32 Å². The lowest BCUT2D eigenvalue weighted by Crippen LogP contribution is -2.33. The summed E-state index contributed by atoms with van der Waals surface area (Å²) < 4.78 is 32.0. The number of aromatic nitrogens is 2. The highest BCUT2D eigenvalue weighted by Crippen LogP contribution is 2.37. The zero-order chi connectivity index (χ0) is 25.6. The Hall–Kier alpha value is -3.98. The number of anilines is 1. The van der Waals surface area contributed by atoms with Crippen LogP contribution in [-0.4, -0.2) is 28.9 Å². The summed E-state index contributed by atoms with van der Waals surface area (Å²) in [4.78, 5) is 18.2. The molecule has 2 aromatic heterocycles. The largest absolute Gasteiger partial charge is 0.506 e. The summed E-state index contributed by atoms with van der Waals surface area (Å²) in [5, 5.41) is 14.5. The molecule has 0 radical (unpaired) electrons. The van der Waals surface area contributed by atoms with Gasteiger partial charge in [0.1, 0.15) is 21.9 Å². The summed E-state index contributed by atoms with van der Waals surface area (Å²) in [5.74, 6) is -0.226. The molecular formula is C28H26N4O4S. The van der Waals surface area contributed by atoms with Crippen LogP contribution in [0.2, 0.25) is 0 Å². The summed E-state index contributed by atoms with van der Waals surface area (Å²) in [6, 6.07) is 18.1. The van der Waals surface area contributed by atoms with Gasteiger partial charge in [0.25, 0.3) is 15.6 Å². The first-order chi connectivity index (χ1) is 17.9. The second-order valence-electron chi connectivity index (χ2n) is 9.61. The summed E-state index contributed by atoms with van der Waals surface area (Å²) in [5.41, 5.74) is 1.70. The van der Waals surface area contributed by atoms with E-state index in [1.807, 2.05) is 36.4 Å². The molecular weight excluding hydrogens is 488 g/mol. The number of aromatic hydroxyl groups is 1. The average Bonchev–Trinajstić information content (AvgIpc) is 2.92. The van der Waals surface area contributed by atoms with Crippen molar-refractivity contribution >= 4 is 32.6 Å². The molecule has 0 spiro atoms. The van der Waals surface area contributed by atoms with Crippen molar-refractivity contribution in [3.63, 3.8) is 0 Å². The Morgan fingerprint density at radius 1 is 1.00 bits per heavy atom. The second kappa shape index (κ2) is 9.15. The zero-order valence-corrected chi connectivity index (χ0v) is 20.9. The number of fused-ring (bicyclic) bond motifs is 2. The predicted octanol–water partition coefficient (Wildman–Crippen LogP) is 4.76. The zero-order valence-electron chi connectivity index (χ0n) is 20.1. The van der Waals surface area contributed by atoms with Crippen molar-refractivity contribution in [2.24, 2.45) is 4.40 Å². The van der Waals surface area contributed by atoms with Gasteiger partial charge in [-0.25, -0.2) is 4.98 Å². The maximum absolute atomic E-state index is 13.7. The van der Waals surface area contributed by atoms with Crippen LogP contribution in [0.3, 0.4) is 0 Å². The van der Waals surface area contributed by atoms with Gasteiger partial charge in [0.15, 0.2) is 5.84 Å². The second-order valence-corrected chi connectivity index (χ2v) is 11.2. The van der Waals surface area contributed by atoms with Crippen LogP contribution in [0, 0.1) is 0 Å². The monoisotopic (exact) mass is 514 g/mol. The standard InChI is InChI=1S/C28H26N4O4S/c33-25-21-12-7-15-29-27(21)32(17-18-8-3-1-4-9-18)28(34)24(25)26-30-22-14-13-20(19-10-5-2-6-11-19)16-23(22)37(35,36)31-26/h1,3-4,7-9,12-16,19,33H,2,5-6,10-11,17H2,(H,30,31). The van der Waals surface area contributed by atoms with Gasteiger partial charge in [-0.1, -0.05) is 55.7 Å². The average molecular weight is 515 g/mol. The van der Waals surface area contributed by atoms with Gasteiger partial charge in [-0.05, 0) is 54.2 Å². The summed E-state index contributed by atoms with van der Waals surface area (Å²) in [6.07, 6.45) is 7.12. The molecule has 0 saturated heterocycles. The van der Waals surface area contributed by atoms with E-state index in [1.165, 1.54) is 11.0 Å². The molecule has 0 amide bonds. The molecule has 2 N–H and O–H groups in total. The highest BCUT2D eigenvalue weighted by molar-refractivity contribution is 7.90.